The Morgan fingerprint density at radius 1 is 0.744 bits per heavy atom. The fourth-order valence-electron chi connectivity index (χ4n) is 3.52. The quantitative estimate of drug-likeness (QED) is 0.167. The SMILES string of the molecule is COc1cc(C(=N)N)ccc1OCCN(CCOc1ccc(C(=N)N)cc1OC)S(=O)(=O)c1ccccc1.Cl. The first kappa shape index (κ1) is 31.2. The average Bonchev–Trinajstić information content (AvgIpc) is 2.92. The van der Waals surface area contributed by atoms with Gasteiger partial charge in [-0.2, -0.15) is 4.31 Å². The molecule has 210 valence electrons. The van der Waals surface area contributed by atoms with Crippen LogP contribution in [0.4, 0.5) is 0 Å². The third-order valence-electron chi connectivity index (χ3n) is 5.53. The Hall–Kier alpha value is -4.00. The van der Waals surface area contributed by atoms with E-state index in [-0.39, 0.29) is 55.3 Å². The van der Waals surface area contributed by atoms with E-state index in [9.17, 15) is 8.42 Å². The van der Waals surface area contributed by atoms with Crippen molar-refractivity contribution < 1.29 is 27.4 Å². The highest BCUT2D eigenvalue weighted by Gasteiger charge is 2.24. The van der Waals surface area contributed by atoms with Gasteiger partial charge in [0.25, 0.3) is 0 Å². The Kier molecular flexibility index (Phi) is 11.4. The van der Waals surface area contributed by atoms with Gasteiger partial charge in [-0.25, -0.2) is 8.42 Å². The predicted octanol–water partition coefficient (Wildman–Crippen LogP) is 2.84. The van der Waals surface area contributed by atoms with E-state index in [0.717, 1.165) is 0 Å². The van der Waals surface area contributed by atoms with Crippen molar-refractivity contribution in [2.45, 2.75) is 4.90 Å². The molecule has 3 aromatic carbocycles. The largest absolute Gasteiger partial charge is 0.493 e. The Morgan fingerprint density at radius 3 is 1.56 bits per heavy atom. The molecule has 0 spiro atoms. The van der Waals surface area contributed by atoms with Gasteiger partial charge < -0.3 is 30.4 Å². The molecule has 11 nitrogen and oxygen atoms in total. The molecule has 39 heavy (non-hydrogen) atoms. The van der Waals surface area contributed by atoms with Gasteiger partial charge in [0.15, 0.2) is 23.0 Å². The molecule has 0 saturated carbocycles. The topological polar surface area (TPSA) is 174 Å². The van der Waals surface area contributed by atoms with Crippen molar-refractivity contribution in [3.05, 3.63) is 77.9 Å². The monoisotopic (exact) mass is 577 g/mol. The van der Waals surface area contributed by atoms with Crippen LogP contribution in [0.1, 0.15) is 11.1 Å². The highest BCUT2D eigenvalue weighted by molar-refractivity contribution is 7.89. The van der Waals surface area contributed by atoms with E-state index >= 15 is 0 Å². The maximum atomic E-state index is 13.4. The predicted molar refractivity (Wildman–Crippen MR) is 151 cm³/mol. The highest BCUT2D eigenvalue weighted by Crippen LogP contribution is 2.29. The molecule has 0 bridgehead atoms. The number of nitrogens with one attached hydrogen (secondary N) is 2. The molecule has 3 aromatic rings. The number of nitrogens with two attached hydrogens (primary N) is 2. The standard InChI is InChI=1S/C26H31N5O6S.ClH/c1-34-23-16-18(25(27)28)8-10-21(23)36-14-12-31(38(32,33)20-6-4-3-5-7-20)13-15-37-22-11-9-19(26(29)30)17-24(22)35-2;/h3-11,16-17H,12-15H2,1-2H3,(H3,27,28)(H3,29,30);1H. The highest BCUT2D eigenvalue weighted by atomic mass is 35.5. The first-order valence-electron chi connectivity index (χ1n) is 11.5. The van der Waals surface area contributed by atoms with E-state index in [2.05, 4.69) is 0 Å². The van der Waals surface area contributed by atoms with Gasteiger partial charge in [-0.15, -0.1) is 12.4 Å². The minimum absolute atomic E-state index is 0. The molecule has 13 heteroatoms. The summed E-state index contributed by atoms with van der Waals surface area (Å²) in [5.41, 5.74) is 12.0. The number of halogens is 1. The lowest BCUT2D eigenvalue weighted by Crippen LogP contribution is -2.37. The average molecular weight is 578 g/mol. The number of hydrogen-bond donors (Lipinski definition) is 4. The number of hydrogen-bond acceptors (Lipinski definition) is 8. The third-order valence-corrected chi connectivity index (χ3v) is 7.44. The van der Waals surface area contributed by atoms with E-state index in [1.165, 1.54) is 30.7 Å². The molecule has 0 unspecified atom stereocenters. The second-order valence-electron chi connectivity index (χ2n) is 7.97. The van der Waals surface area contributed by atoms with Crippen LogP contribution in [0.25, 0.3) is 0 Å². The van der Waals surface area contributed by atoms with Gasteiger partial charge >= 0.3 is 0 Å². The Balaban J connectivity index is 0.00000533. The van der Waals surface area contributed by atoms with Crippen LogP contribution >= 0.6 is 12.4 Å². The number of ether oxygens (including phenoxy) is 4. The Bertz CT molecular complexity index is 1320. The van der Waals surface area contributed by atoms with Crippen LogP contribution in [0.5, 0.6) is 23.0 Å². The summed E-state index contributed by atoms with van der Waals surface area (Å²) in [6, 6.07) is 17.7. The van der Waals surface area contributed by atoms with Crippen LogP contribution in [-0.4, -0.2) is 64.9 Å². The summed E-state index contributed by atoms with van der Waals surface area (Å²) in [7, 11) is -0.925. The van der Waals surface area contributed by atoms with Crippen LogP contribution in [0, 0.1) is 10.8 Å². The van der Waals surface area contributed by atoms with Crippen LogP contribution < -0.4 is 30.4 Å². The minimum Gasteiger partial charge on any atom is -0.493 e. The maximum absolute atomic E-state index is 13.4. The van der Waals surface area contributed by atoms with Gasteiger partial charge in [-0.1, -0.05) is 18.2 Å². The van der Waals surface area contributed by atoms with Gasteiger partial charge in [0, 0.05) is 24.2 Å². The molecule has 0 fully saturated rings. The van der Waals surface area contributed by atoms with E-state index in [1.807, 2.05) is 0 Å². The first-order chi connectivity index (χ1) is 18.2. The Labute approximate surface area is 234 Å². The summed E-state index contributed by atoms with van der Waals surface area (Å²) in [4.78, 5) is 0.145. The molecule has 6 N–H and O–H groups in total. The van der Waals surface area contributed by atoms with Crippen molar-refractivity contribution in [3.63, 3.8) is 0 Å². The summed E-state index contributed by atoms with van der Waals surface area (Å²) < 4.78 is 50.4. The summed E-state index contributed by atoms with van der Waals surface area (Å²) in [6.45, 7) is 0.105. The van der Waals surface area contributed by atoms with Crippen molar-refractivity contribution in [1.29, 1.82) is 10.8 Å². The lowest BCUT2D eigenvalue weighted by atomic mass is 10.2. The van der Waals surface area contributed by atoms with Crippen LogP contribution in [-0.2, 0) is 10.0 Å². The maximum Gasteiger partial charge on any atom is 0.243 e. The van der Waals surface area contributed by atoms with E-state index in [4.69, 9.17) is 41.2 Å². The fourth-order valence-corrected chi connectivity index (χ4v) is 4.95. The molecule has 0 aromatic heterocycles. The number of benzene rings is 3. The van der Waals surface area contributed by atoms with Crippen LogP contribution in [0.15, 0.2) is 71.6 Å². The minimum atomic E-state index is -3.86. The second-order valence-corrected chi connectivity index (χ2v) is 9.91. The zero-order valence-electron chi connectivity index (χ0n) is 21.5. The molecule has 0 radical (unpaired) electrons. The van der Waals surface area contributed by atoms with Crippen molar-refractivity contribution in [3.8, 4) is 23.0 Å². The van der Waals surface area contributed by atoms with E-state index in [0.29, 0.717) is 34.1 Å². The number of nitrogens with zero attached hydrogens (tertiary/aromatic N) is 1. The number of amidine groups is 2. The number of rotatable bonds is 14. The molecule has 0 saturated heterocycles. The molecule has 3 rings (SSSR count). The van der Waals surface area contributed by atoms with E-state index < -0.39 is 10.0 Å². The molecular formula is C26H32ClN5O6S. The molecule has 0 amide bonds. The summed E-state index contributed by atoms with van der Waals surface area (Å²) >= 11 is 0. The Morgan fingerprint density at radius 2 is 1.18 bits per heavy atom. The van der Waals surface area contributed by atoms with Crippen LogP contribution in [0.3, 0.4) is 0 Å². The number of nitrogen functional groups attached to an aromatic ring is 2. The molecular weight excluding hydrogens is 546 g/mol. The van der Waals surface area contributed by atoms with Crippen molar-refractivity contribution in [2.75, 3.05) is 40.5 Å². The zero-order valence-corrected chi connectivity index (χ0v) is 23.2. The number of sulfonamides is 1. The molecule has 0 aliphatic carbocycles. The lowest BCUT2D eigenvalue weighted by Gasteiger charge is -2.23. The third kappa shape index (κ3) is 7.99. The molecule has 0 aliphatic rings. The summed E-state index contributed by atoms with van der Waals surface area (Å²) in [5, 5.41) is 15.2. The van der Waals surface area contributed by atoms with Crippen molar-refractivity contribution in [1.82, 2.24) is 4.31 Å². The summed E-state index contributed by atoms with van der Waals surface area (Å²) in [6.07, 6.45) is 0. The smallest absolute Gasteiger partial charge is 0.243 e. The number of methoxy groups -OCH3 is 2. The molecule has 0 atom stereocenters. The molecule has 0 aliphatic heterocycles. The van der Waals surface area contributed by atoms with Crippen molar-refractivity contribution in [2.24, 2.45) is 11.5 Å². The van der Waals surface area contributed by atoms with Gasteiger partial charge in [-0.3, -0.25) is 10.8 Å². The van der Waals surface area contributed by atoms with E-state index in [1.54, 1.807) is 54.6 Å². The van der Waals surface area contributed by atoms with Gasteiger partial charge in [0.1, 0.15) is 24.9 Å². The van der Waals surface area contributed by atoms with Gasteiger partial charge in [-0.05, 0) is 48.5 Å². The van der Waals surface area contributed by atoms with Gasteiger partial charge in [0.05, 0.1) is 19.1 Å². The summed E-state index contributed by atoms with van der Waals surface area (Å²) in [5.74, 6) is 1.31. The van der Waals surface area contributed by atoms with Crippen molar-refractivity contribution >= 4 is 34.1 Å². The van der Waals surface area contributed by atoms with Gasteiger partial charge in [0.2, 0.25) is 10.0 Å². The first-order valence-corrected chi connectivity index (χ1v) is 13.0. The molecule has 0 heterocycles. The normalized spacial score (nSPS) is 10.8. The van der Waals surface area contributed by atoms with Crippen LogP contribution in [0.2, 0.25) is 0 Å². The zero-order chi connectivity index (χ0) is 27.7. The second kappa shape index (κ2) is 14.2. The lowest BCUT2D eigenvalue weighted by molar-refractivity contribution is 0.228. The fraction of sp³-hybridized carbons (Fsp3) is 0.231.